The smallest absolute Gasteiger partial charge is 0.231 e. The van der Waals surface area contributed by atoms with Crippen LogP contribution in [-0.4, -0.2) is 40.2 Å². The van der Waals surface area contributed by atoms with Gasteiger partial charge in [-0.25, -0.2) is 0 Å². The molecule has 1 atom stereocenters. The number of ether oxygens (including phenoxy) is 2. The normalized spacial score (nSPS) is 14.9. The molecule has 1 N–H and O–H groups in total. The number of hydrogen-bond acceptors (Lipinski definition) is 4. The molecule has 88 valence electrons. The quantitative estimate of drug-likeness (QED) is 0.540. The van der Waals surface area contributed by atoms with E-state index in [9.17, 15) is 4.79 Å². The van der Waals surface area contributed by atoms with Gasteiger partial charge in [-0.3, -0.25) is 4.79 Å². The van der Waals surface area contributed by atoms with Crippen LogP contribution in [0.4, 0.5) is 0 Å². The standard InChI is InChI=1S/C11H15B2NO3/c1-6(14-11(12)13)10(15)7-2-3-8-9(4-7)17-5-16-8/h2-4,6,11,14H,5,12-13H2,1H3/t6-/m0/s1. The van der Waals surface area contributed by atoms with Crippen LogP contribution in [0.5, 0.6) is 11.5 Å². The minimum absolute atomic E-state index is 0.0667. The molecule has 1 aromatic carbocycles. The van der Waals surface area contributed by atoms with Crippen molar-refractivity contribution < 1.29 is 14.3 Å². The molecule has 1 heterocycles. The lowest BCUT2D eigenvalue weighted by Crippen LogP contribution is -2.41. The molecule has 2 rings (SSSR count). The van der Waals surface area contributed by atoms with E-state index in [-0.39, 0.29) is 24.5 Å². The van der Waals surface area contributed by atoms with Gasteiger partial charge >= 0.3 is 0 Å². The Kier molecular flexibility index (Phi) is 3.43. The van der Waals surface area contributed by atoms with Crippen LogP contribution < -0.4 is 14.8 Å². The Morgan fingerprint density at radius 1 is 1.35 bits per heavy atom. The third kappa shape index (κ3) is 2.64. The maximum atomic E-state index is 12.1. The Labute approximate surface area is 102 Å². The van der Waals surface area contributed by atoms with E-state index in [4.69, 9.17) is 9.47 Å². The molecule has 1 aliphatic rings. The Morgan fingerprint density at radius 3 is 2.76 bits per heavy atom. The van der Waals surface area contributed by atoms with Crippen LogP contribution >= 0.6 is 0 Å². The van der Waals surface area contributed by atoms with Crippen molar-refractivity contribution >= 4 is 21.5 Å². The van der Waals surface area contributed by atoms with Gasteiger partial charge in [0.15, 0.2) is 17.3 Å². The van der Waals surface area contributed by atoms with E-state index in [2.05, 4.69) is 5.32 Å². The molecule has 0 saturated carbocycles. The summed E-state index contributed by atoms with van der Waals surface area (Å²) < 4.78 is 10.5. The Bertz CT molecular complexity index is 437. The number of carbonyl (C=O) groups excluding carboxylic acids is 1. The zero-order chi connectivity index (χ0) is 12.4. The fraction of sp³-hybridized carbons (Fsp3) is 0.364. The highest BCUT2D eigenvalue weighted by atomic mass is 16.7. The Balaban J connectivity index is 2.14. The molecule has 0 saturated heterocycles. The number of ketones is 1. The first-order chi connectivity index (χ1) is 8.08. The van der Waals surface area contributed by atoms with Crippen molar-refractivity contribution in [1.82, 2.24) is 5.32 Å². The predicted octanol–water partition coefficient (Wildman–Crippen LogP) is -0.874. The highest BCUT2D eigenvalue weighted by Gasteiger charge is 2.19. The van der Waals surface area contributed by atoms with Crippen LogP contribution in [0.3, 0.4) is 0 Å². The molecule has 1 aliphatic heterocycles. The number of nitrogens with one attached hydrogen (secondary N) is 1. The van der Waals surface area contributed by atoms with Crippen molar-refractivity contribution in [2.75, 3.05) is 6.79 Å². The highest BCUT2D eigenvalue weighted by molar-refractivity contribution is 6.35. The molecule has 0 aliphatic carbocycles. The second-order valence-corrected chi connectivity index (χ2v) is 4.48. The van der Waals surface area contributed by atoms with Gasteiger partial charge in [-0.05, 0) is 25.1 Å². The Hall–Kier alpha value is -1.42. The number of fused-ring (bicyclic) bond motifs is 1. The monoisotopic (exact) mass is 231 g/mol. The van der Waals surface area contributed by atoms with Gasteiger partial charge < -0.3 is 14.8 Å². The second kappa shape index (κ2) is 4.84. The van der Waals surface area contributed by atoms with Crippen LogP contribution in [-0.2, 0) is 0 Å². The van der Waals surface area contributed by atoms with Gasteiger partial charge in [0.25, 0.3) is 0 Å². The lowest BCUT2D eigenvalue weighted by molar-refractivity contribution is 0.0952. The molecule has 17 heavy (non-hydrogen) atoms. The van der Waals surface area contributed by atoms with Crippen molar-refractivity contribution in [3.8, 4) is 11.5 Å². The fourth-order valence-corrected chi connectivity index (χ4v) is 1.88. The average molecular weight is 231 g/mol. The summed E-state index contributed by atoms with van der Waals surface area (Å²) in [5, 5.41) is 3.19. The van der Waals surface area contributed by atoms with E-state index < -0.39 is 0 Å². The molecule has 1 aromatic rings. The van der Waals surface area contributed by atoms with Crippen molar-refractivity contribution in [2.45, 2.75) is 18.8 Å². The molecule has 0 amide bonds. The maximum absolute atomic E-state index is 12.1. The summed E-state index contributed by atoms with van der Waals surface area (Å²) in [6, 6.07) is 5.09. The van der Waals surface area contributed by atoms with Crippen LogP contribution in [0, 0.1) is 0 Å². The van der Waals surface area contributed by atoms with Crippen molar-refractivity contribution in [3.63, 3.8) is 0 Å². The number of hydrogen-bond donors (Lipinski definition) is 1. The van der Waals surface area contributed by atoms with Crippen molar-refractivity contribution in [3.05, 3.63) is 23.8 Å². The third-order valence-corrected chi connectivity index (χ3v) is 2.63. The highest BCUT2D eigenvalue weighted by Crippen LogP contribution is 2.32. The van der Waals surface area contributed by atoms with Crippen molar-refractivity contribution in [1.29, 1.82) is 0 Å². The van der Waals surface area contributed by atoms with Gasteiger partial charge in [0, 0.05) is 5.56 Å². The lowest BCUT2D eigenvalue weighted by Gasteiger charge is -2.15. The first kappa shape index (κ1) is 12.0. The van der Waals surface area contributed by atoms with Crippen LogP contribution in [0.1, 0.15) is 17.3 Å². The summed E-state index contributed by atoms with van der Waals surface area (Å²) in [5.41, 5.74) is 0.648. The number of carbonyl (C=O) groups is 1. The van der Waals surface area contributed by atoms with Gasteiger partial charge in [-0.2, -0.15) is 0 Å². The SMILES string of the molecule is BC(B)N[C@@H](C)C(=O)c1ccc2c(c1)OCO2. The molecule has 0 radical (unpaired) electrons. The van der Waals surface area contributed by atoms with Gasteiger partial charge in [-0.15, -0.1) is 0 Å². The number of benzene rings is 1. The Morgan fingerprint density at radius 2 is 2.06 bits per heavy atom. The molecule has 0 bridgehead atoms. The van der Waals surface area contributed by atoms with E-state index in [1.54, 1.807) is 18.2 Å². The number of rotatable bonds is 4. The van der Waals surface area contributed by atoms with Crippen molar-refractivity contribution in [2.24, 2.45) is 0 Å². The number of Topliss-reactive ketones (excluding diaryl/α,β-unsaturated/α-hetero) is 1. The van der Waals surface area contributed by atoms with Crippen LogP contribution in [0.15, 0.2) is 18.2 Å². The molecule has 0 unspecified atom stereocenters. The largest absolute Gasteiger partial charge is 0.454 e. The molecule has 0 spiro atoms. The van der Waals surface area contributed by atoms with Gasteiger partial charge in [0.1, 0.15) is 15.7 Å². The average Bonchev–Trinajstić information content (AvgIpc) is 2.73. The molecular weight excluding hydrogens is 216 g/mol. The van der Waals surface area contributed by atoms with Crippen LogP contribution in [0.2, 0.25) is 0 Å². The van der Waals surface area contributed by atoms with Gasteiger partial charge in [-0.1, -0.05) is 5.84 Å². The molecular formula is C11H15B2NO3. The fourth-order valence-electron chi connectivity index (χ4n) is 1.88. The summed E-state index contributed by atoms with van der Waals surface area (Å²) in [7, 11) is 4.03. The first-order valence-electron chi connectivity index (χ1n) is 5.78. The summed E-state index contributed by atoms with van der Waals surface area (Å²) in [6.45, 7) is 2.10. The van der Waals surface area contributed by atoms with E-state index in [1.165, 1.54) is 0 Å². The maximum Gasteiger partial charge on any atom is 0.231 e. The predicted molar refractivity (Wildman–Crippen MR) is 70.4 cm³/mol. The molecule has 0 fully saturated rings. The third-order valence-electron chi connectivity index (χ3n) is 2.63. The zero-order valence-electron chi connectivity index (χ0n) is 10.3. The topological polar surface area (TPSA) is 47.6 Å². The minimum Gasteiger partial charge on any atom is -0.454 e. The summed E-state index contributed by atoms with van der Waals surface area (Å²) in [4.78, 5) is 12.1. The van der Waals surface area contributed by atoms with E-state index in [0.717, 1.165) is 0 Å². The van der Waals surface area contributed by atoms with Crippen LogP contribution in [0.25, 0.3) is 0 Å². The molecule has 0 aromatic heterocycles. The summed E-state index contributed by atoms with van der Waals surface area (Å²) in [5.74, 6) is 1.69. The van der Waals surface area contributed by atoms with E-state index in [1.807, 2.05) is 22.6 Å². The van der Waals surface area contributed by atoms with E-state index >= 15 is 0 Å². The lowest BCUT2D eigenvalue weighted by atomic mass is 9.78. The molecule has 4 nitrogen and oxygen atoms in total. The molecule has 6 heteroatoms. The first-order valence-corrected chi connectivity index (χ1v) is 5.78. The van der Waals surface area contributed by atoms with E-state index in [0.29, 0.717) is 17.1 Å². The van der Waals surface area contributed by atoms with Gasteiger partial charge in [0.05, 0.1) is 6.04 Å². The minimum atomic E-state index is -0.199. The second-order valence-electron chi connectivity index (χ2n) is 4.48. The zero-order valence-corrected chi connectivity index (χ0v) is 10.3. The summed E-state index contributed by atoms with van der Waals surface area (Å²) >= 11 is 0. The van der Waals surface area contributed by atoms with Gasteiger partial charge in [0.2, 0.25) is 6.79 Å². The summed E-state index contributed by atoms with van der Waals surface area (Å²) in [6.07, 6.45) is 0.